The van der Waals surface area contributed by atoms with Crippen LogP contribution in [0.1, 0.15) is 17.2 Å². The fourth-order valence-electron chi connectivity index (χ4n) is 1.66. The SMILES string of the molecule is NC(Cc1cc(F)cc(F)c1)c1ccoc1Br. The lowest BCUT2D eigenvalue weighted by Crippen LogP contribution is -2.13. The van der Waals surface area contributed by atoms with Crippen LogP contribution in [0.4, 0.5) is 8.78 Å². The third-order valence-corrected chi connectivity index (χ3v) is 3.07. The number of rotatable bonds is 3. The van der Waals surface area contributed by atoms with E-state index in [9.17, 15) is 8.78 Å². The summed E-state index contributed by atoms with van der Waals surface area (Å²) in [6.07, 6.45) is 1.85. The van der Waals surface area contributed by atoms with E-state index < -0.39 is 11.6 Å². The van der Waals surface area contributed by atoms with Crippen molar-refractivity contribution in [3.8, 4) is 0 Å². The Kier molecular flexibility index (Phi) is 3.59. The highest BCUT2D eigenvalue weighted by molar-refractivity contribution is 9.10. The van der Waals surface area contributed by atoms with Crippen molar-refractivity contribution in [1.82, 2.24) is 0 Å². The summed E-state index contributed by atoms with van der Waals surface area (Å²) in [6.45, 7) is 0. The lowest BCUT2D eigenvalue weighted by Gasteiger charge is -2.10. The monoisotopic (exact) mass is 301 g/mol. The van der Waals surface area contributed by atoms with Crippen molar-refractivity contribution in [2.24, 2.45) is 5.73 Å². The number of nitrogens with two attached hydrogens (primary N) is 1. The van der Waals surface area contributed by atoms with E-state index >= 15 is 0 Å². The van der Waals surface area contributed by atoms with Gasteiger partial charge in [0.1, 0.15) is 11.6 Å². The summed E-state index contributed by atoms with van der Waals surface area (Å²) in [6, 6.07) is 4.74. The molecule has 5 heteroatoms. The highest BCUT2D eigenvalue weighted by Crippen LogP contribution is 2.25. The zero-order chi connectivity index (χ0) is 12.4. The standard InChI is InChI=1S/C12H10BrF2NO/c13-12-10(1-2-17-12)11(16)5-7-3-8(14)6-9(15)4-7/h1-4,6,11H,5,16H2. The van der Waals surface area contributed by atoms with Crippen LogP contribution in [-0.2, 0) is 6.42 Å². The first-order chi connectivity index (χ1) is 8.06. The maximum Gasteiger partial charge on any atom is 0.173 e. The summed E-state index contributed by atoms with van der Waals surface area (Å²) >= 11 is 3.21. The Balaban J connectivity index is 2.18. The molecule has 0 amide bonds. The maximum absolute atomic E-state index is 13.0. The molecule has 2 aromatic rings. The molecule has 0 fully saturated rings. The zero-order valence-corrected chi connectivity index (χ0v) is 10.4. The van der Waals surface area contributed by atoms with Gasteiger partial charge in [-0.1, -0.05) is 0 Å². The first-order valence-corrected chi connectivity index (χ1v) is 5.79. The molecule has 90 valence electrons. The van der Waals surface area contributed by atoms with Gasteiger partial charge in [-0.15, -0.1) is 0 Å². The Morgan fingerprint density at radius 2 is 1.88 bits per heavy atom. The second-order valence-corrected chi connectivity index (χ2v) is 4.46. The van der Waals surface area contributed by atoms with Crippen LogP contribution in [-0.4, -0.2) is 0 Å². The molecule has 0 saturated carbocycles. The Labute approximate surface area is 106 Å². The van der Waals surface area contributed by atoms with Gasteiger partial charge in [0.15, 0.2) is 4.67 Å². The molecule has 1 heterocycles. The largest absolute Gasteiger partial charge is 0.457 e. The van der Waals surface area contributed by atoms with E-state index in [4.69, 9.17) is 10.2 Å². The summed E-state index contributed by atoms with van der Waals surface area (Å²) in [7, 11) is 0. The molecule has 0 spiro atoms. The molecule has 0 bridgehead atoms. The molecule has 0 aliphatic rings. The van der Waals surface area contributed by atoms with Gasteiger partial charge in [0.05, 0.1) is 6.26 Å². The van der Waals surface area contributed by atoms with Gasteiger partial charge in [0.2, 0.25) is 0 Å². The Morgan fingerprint density at radius 3 is 2.41 bits per heavy atom. The molecule has 0 aliphatic heterocycles. The molecule has 2 rings (SSSR count). The third-order valence-electron chi connectivity index (χ3n) is 2.42. The van der Waals surface area contributed by atoms with Crippen LogP contribution in [0.25, 0.3) is 0 Å². The number of furan rings is 1. The zero-order valence-electron chi connectivity index (χ0n) is 8.79. The highest BCUT2D eigenvalue weighted by Gasteiger charge is 2.13. The van der Waals surface area contributed by atoms with Gasteiger partial charge in [-0.3, -0.25) is 0 Å². The van der Waals surface area contributed by atoms with Crippen LogP contribution in [0.5, 0.6) is 0 Å². The fourth-order valence-corrected chi connectivity index (χ4v) is 2.20. The van der Waals surface area contributed by atoms with E-state index in [0.717, 1.165) is 11.6 Å². The van der Waals surface area contributed by atoms with Crippen molar-refractivity contribution in [1.29, 1.82) is 0 Å². The molecular weight excluding hydrogens is 292 g/mol. The third kappa shape index (κ3) is 2.92. The van der Waals surface area contributed by atoms with E-state index in [0.29, 0.717) is 16.7 Å². The Morgan fingerprint density at radius 1 is 1.24 bits per heavy atom. The van der Waals surface area contributed by atoms with Crippen molar-refractivity contribution in [3.63, 3.8) is 0 Å². The topological polar surface area (TPSA) is 39.2 Å². The summed E-state index contributed by atoms with van der Waals surface area (Å²) in [5.74, 6) is -1.20. The van der Waals surface area contributed by atoms with Gasteiger partial charge >= 0.3 is 0 Å². The van der Waals surface area contributed by atoms with E-state index in [1.807, 2.05) is 0 Å². The molecule has 1 unspecified atom stereocenters. The molecule has 1 aromatic carbocycles. The van der Waals surface area contributed by atoms with Gasteiger partial charge in [-0.2, -0.15) is 0 Å². The normalized spacial score (nSPS) is 12.7. The predicted octanol–water partition coefficient (Wildman–Crippen LogP) is 3.56. The molecule has 2 N–H and O–H groups in total. The van der Waals surface area contributed by atoms with Crippen LogP contribution in [0, 0.1) is 11.6 Å². The van der Waals surface area contributed by atoms with E-state index in [-0.39, 0.29) is 6.04 Å². The second-order valence-electron chi connectivity index (χ2n) is 3.74. The summed E-state index contributed by atoms with van der Waals surface area (Å²) in [5, 5.41) is 0. The minimum atomic E-state index is -0.599. The molecule has 1 atom stereocenters. The van der Waals surface area contributed by atoms with E-state index in [1.54, 1.807) is 6.07 Å². The lowest BCUT2D eigenvalue weighted by molar-refractivity contribution is 0.530. The second kappa shape index (κ2) is 4.98. The quantitative estimate of drug-likeness (QED) is 0.941. The summed E-state index contributed by atoms with van der Waals surface area (Å²) in [4.78, 5) is 0. The van der Waals surface area contributed by atoms with Gasteiger partial charge in [0, 0.05) is 17.7 Å². The maximum atomic E-state index is 13.0. The molecular formula is C12H10BrF2NO. The molecule has 17 heavy (non-hydrogen) atoms. The van der Waals surface area contributed by atoms with Crippen LogP contribution in [0.3, 0.4) is 0 Å². The van der Waals surface area contributed by atoms with Crippen LogP contribution >= 0.6 is 15.9 Å². The summed E-state index contributed by atoms with van der Waals surface area (Å²) in [5.41, 5.74) is 7.23. The van der Waals surface area contributed by atoms with E-state index in [2.05, 4.69) is 15.9 Å². The first kappa shape index (κ1) is 12.3. The number of hydrogen-bond acceptors (Lipinski definition) is 2. The molecule has 0 saturated heterocycles. The van der Waals surface area contributed by atoms with Gasteiger partial charge in [-0.05, 0) is 46.1 Å². The minimum absolute atomic E-state index is 0.340. The highest BCUT2D eigenvalue weighted by atomic mass is 79.9. The number of benzene rings is 1. The molecule has 0 aliphatic carbocycles. The first-order valence-electron chi connectivity index (χ1n) is 4.99. The number of hydrogen-bond donors (Lipinski definition) is 1. The van der Waals surface area contributed by atoms with Crippen molar-refractivity contribution < 1.29 is 13.2 Å². The minimum Gasteiger partial charge on any atom is -0.457 e. The average Bonchev–Trinajstić information content (AvgIpc) is 2.62. The lowest BCUT2D eigenvalue weighted by atomic mass is 10.0. The average molecular weight is 302 g/mol. The smallest absolute Gasteiger partial charge is 0.173 e. The van der Waals surface area contributed by atoms with Crippen molar-refractivity contribution in [3.05, 3.63) is 58.0 Å². The Bertz CT molecular complexity index is 507. The van der Waals surface area contributed by atoms with Gasteiger partial charge < -0.3 is 10.2 Å². The summed E-state index contributed by atoms with van der Waals surface area (Å²) < 4.78 is 31.6. The molecule has 1 aromatic heterocycles. The van der Waals surface area contributed by atoms with Gasteiger partial charge in [-0.25, -0.2) is 8.78 Å². The van der Waals surface area contributed by atoms with Gasteiger partial charge in [0.25, 0.3) is 0 Å². The molecule has 0 radical (unpaired) electrons. The van der Waals surface area contributed by atoms with Crippen LogP contribution in [0.15, 0.2) is 39.6 Å². The Hall–Kier alpha value is -1.20. The fraction of sp³-hybridized carbons (Fsp3) is 0.167. The van der Waals surface area contributed by atoms with Crippen LogP contribution < -0.4 is 5.73 Å². The van der Waals surface area contributed by atoms with Crippen molar-refractivity contribution >= 4 is 15.9 Å². The predicted molar refractivity (Wildman–Crippen MR) is 63.4 cm³/mol. The number of halogens is 3. The molecule has 2 nitrogen and oxygen atoms in total. The van der Waals surface area contributed by atoms with Crippen LogP contribution in [0.2, 0.25) is 0 Å². The van der Waals surface area contributed by atoms with E-state index in [1.165, 1.54) is 18.4 Å². The van der Waals surface area contributed by atoms with Crippen molar-refractivity contribution in [2.45, 2.75) is 12.5 Å². The van der Waals surface area contributed by atoms with Crippen molar-refractivity contribution in [2.75, 3.05) is 0 Å².